The lowest BCUT2D eigenvalue weighted by Gasteiger charge is -2.24. The Morgan fingerprint density at radius 3 is 2.04 bits per heavy atom. The summed E-state index contributed by atoms with van der Waals surface area (Å²) in [6.07, 6.45) is 0. The topological polar surface area (TPSA) is 70.0 Å². The predicted octanol–water partition coefficient (Wildman–Crippen LogP) is 5.03. The van der Waals surface area contributed by atoms with Crippen LogP contribution in [0.25, 0.3) is 0 Å². The van der Waals surface area contributed by atoms with Gasteiger partial charge in [-0.25, -0.2) is 4.79 Å². The lowest BCUT2D eigenvalue weighted by atomic mass is 9.99. The average molecular weight is 383 g/mol. The number of aliphatic imine (C=N–C) groups is 1. The van der Waals surface area contributed by atoms with Gasteiger partial charge in [-0.15, -0.1) is 0 Å². The van der Waals surface area contributed by atoms with E-state index in [1.54, 1.807) is 50.1 Å². The van der Waals surface area contributed by atoms with Gasteiger partial charge in [-0.3, -0.25) is 9.79 Å². The number of hydrogen-bond donors (Lipinski definition) is 1. The first-order valence-electron chi connectivity index (χ1n) is 9.62. The number of rotatable bonds is 2. The highest BCUT2D eigenvalue weighted by Gasteiger charge is 2.35. The van der Waals surface area contributed by atoms with Gasteiger partial charge >= 0.3 is 5.97 Å². The van der Waals surface area contributed by atoms with Crippen molar-refractivity contribution < 1.29 is 14.7 Å². The molecule has 0 unspecified atom stereocenters. The largest absolute Gasteiger partial charge is 0.478 e. The van der Waals surface area contributed by atoms with E-state index in [0.717, 1.165) is 16.8 Å². The Morgan fingerprint density at radius 2 is 1.50 bits per heavy atom. The van der Waals surface area contributed by atoms with E-state index in [1.165, 1.54) is 0 Å². The number of carbonyl (C=O) groups excluding carboxylic acids is 1. The van der Waals surface area contributed by atoms with Gasteiger partial charge < -0.3 is 10.0 Å². The highest BCUT2D eigenvalue weighted by atomic mass is 16.4. The number of nitrogens with zero attached hydrogens (tertiary/aromatic N) is 2. The molecule has 0 aromatic heterocycles. The quantitative estimate of drug-likeness (QED) is 0.792. The number of likely N-dealkylation sites (N-methyl/N-ethyl adjacent to an activating group) is 1. The number of anilines is 1. The van der Waals surface area contributed by atoms with Crippen LogP contribution in [0, 0.1) is 0 Å². The molecule has 3 rings (SSSR count). The Bertz CT molecular complexity index is 852. The molecule has 1 aliphatic rings. The Hall–Kier alpha value is -2.95. The van der Waals surface area contributed by atoms with E-state index in [1.807, 2.05) is 52.0 Å². The Balaban J connectivity index is 0.000000921. The number of carboxylic acid groups (broad SMARTS) is 1. The summed E-state index contributed by atoms with van der Waals surface area (Å²) in [4.78, 5) is 30.1. The molecule has 0 bridgehead atoms. The van der Waals surface area contributed by atoms with E-state index in [4.69, 9.17) is 10.1 Å². The number of hydrogen-bond acceptors (Lipinski definition) is 3. The van der Waals surface area contributed by atoms with Crippen molar-refractivity contribution in [2.24, 2.45) is 4.99 Å². The fourth-order valence-corrected chi connectivity index (χ4v) is 2.86. The van der Waals surface area contributed by atoms with Crippen molar-refractivity contribution in [3.8, 4) is 0 Å². The number of carboxylic acids is 1. The van der Waals surface area contributed by atoms with Crippen LogP contribution in [0.5, 0.6) is 0 Å². The minimum atomic E-state index is -0.972. The average Bonchev–Trinajstić information content (AvgIpc) is 2.80. The number of benzene rings is 2. The van der Waals surface area contributed by atoms with Gasteiger partial charge in [0.2, 0.25) is 0 Å². The van der Waals surface area contributed by atoms with Crippen LogP contribution in [0.3, 0.4) is 0 Å². The molecule has 0 saturated carbocycles. The smallest absolute Gasteiger partial charge is 0.335 e. The number of amides is 1. The Kier molecular flexibility index (Phi) is 8.11. The summed E-state index contributed by atoms with van der Waals surface area (Å²) in [5, 5.41) is 9.06. The molecule has 0 radical (unpaired) electrons. The second-order valence-corrected chi connectivity index (χ2v) is 6.28. The van der Waals surface area contributed by atoms with E-state index in [2.05, 4.69) is 0 Å². The third-order valence-corrected chi connectivity index (χ3v) is 4.15. The van der Waals surface area contributed by atoms with E-state index in [-0.39, 0.29) is 11.5 Å². The standard InChI is InChI=1S/C19H18N2O3.2C2H6/c1-19(2)18(24)21(3)15-7-5-4-6-14(15)16(20-19)12-8-10-13(11-9-12)17(22)23;2*1-2/h4-11H,1-3H3,(H,22,23);2*1-2H3. The number of carbonyl (C=O) groups is 2. The highest BCUT2D eigenvalue weighted by molar-refractivity contribution is 6.20. The first-order valence-corrected chi connectivity index (χ1v) is 9.62. The molecule has 5 nitrogen and oxygen atoms in total. The predicted molar refractivity (Wildman–Crippen MR) is 116 cm³/mol. The molecule has 0 aliphatic carbocycles. The van der Waals surface area contributed by atoms with E-state index in [9.17, 15) is 9.59 Å². The molecule has 0 spiro atoms. The maximum absolute atomic E-state index is 12.7. The van der Waals surface area contributed by atoms with Crippen molar-refractivity contribution in [3.63, 3.8) is 0 Å². The lowest BCUT2D eigenvalue weighted by Crippen LogP contribution is -2.41. The summed E-state index contributed by atoms with van der Waals surface area (Å²) < 4.78 is 0. The van der Waals surface area contributed by atoms with Crippen LogP contribution in [-0.2, 0) is 4.79 Å². The van der Waals surface area contributed by atoms with Crippen LogP contribution in [0.1, 0.15) is 63.0 Å². The third-order valence-electron chi connectivity index (χ3n) is 4.15. The van der Waals surface area contributed by atoms with Gasteiger partial charge in [-0.2, -0.15) is 0 Å². The van der Waals surface area contributed by atoms with Gasteiger partial charge in [0.15, 0.2) is 0 Å². The first-order chi connectivity index (χ1) is 13.3. The number of aromatic carboxylic acids is 1. The number of fused-ring (bicyclic) bond motifs is 1. The van der Waals surface area contributed by atoms with Gasteiger partial charge in [0.05, 0.1) is 17.0 Å². The zero-order chi connectivity index (χ0) is 21.5. The first kappa shape index (κ1) is 23.1. The molecule has 1 amide bonds. The van der Waals surface area contributed by atoms with Crippen molar-refractivity contribution in [3.05, 3.63) is 65.2 Å². The minimum Gasteiger partial charge on any atom is -0.478 e. The van der Waals surface area contributed by atoms with Crippen LogP contribution < -0.4 is 4.90 Å². The van der Waals surface area contributed by atoms with Crippen LogP contribution in [-0.4, -0.2) is 35.3 Å². The molecule has 5 heteroatoms. The zero-order valence-corrected chi connectivity index (χ0v) is 17.8. The summed E-state index contributed by atoms with van der Waals surface area (Å²) in [5.41, 5.74) is 2.41. The molecule has 1 N–H and O–H groups in total. The normalized spacial score (nSPS) is 14.3. The van der Waals surface area contributed by atoms with Crippen LogP contribution in [0.4, 0.5) is 5.69 Å². The molecule has 0 saturated heterocycles. The molecule has 0 fully saturated rings. The molecular formula is C23H30N2O3. The van der Waals surface area contributed by atoms with Crippen molar-refractivity contribution >= 4 is 23.3 Å². The molecule has 150 valence electrons. The maximum atomic E-state index is 12.7. The summed E-state index contributed by atoms with van der Waals surface area (Å²) in [6, 6.07) is 14.1. The lowest BCUT2D eigenvalue weighted by molar-refractivity contribution is -0.122. The molecule has 1 heterocycles. The van der Waals surface area contributed by atoms with E-state index >= 15 is 0 Å². The molecular weight excluding hydrogens is 352 g/mol. The van der Waals surface area contributed by atoms with Crippen molar-refractivity contribution in [1.82, 2.24) is 0 Å². The van der Waals surface area contributed by atoms with Gasteiger partial charge in [0.1, 0.15) is 5.54 Å². The minimum absolute atomic E-state index is 0.0906. The van der Waals surface area contributed by atoms with Crippen molar-refractivity contribution in [2.75, 3.05) is 11.9 Å². The summed E-state index contributed by atoms with van der Waals surface area (Å²) in [5.74, 6) is -1.06. The maximum Gasteiger partial charge on any atom is 0.335 e. The summed E-state index contributed by atoms with van der Waals surface area (Å²) in [6.45, 7) is 11.6. The highest BCUT2D eigenvalue weighted by Crippen LogP contribution is 2.31. The molecule has 1 aliphatic heterocycles. The zero-order valence-electron chi connectivity index (χ0n) is 17.8. The van der Waals surface area contributed by atoms with E-state index < -0.39 is 11.5 Å². The summed E-state index contributed by atoms with van der Waals surface area (Å²) >= 11 is 0. The molecule has 2 aromatic rings. The van der Waals surface area contributed by atoms with Gasteiger partial charge in [-0.05, 0) is 32.0 Å². The molecule has 28 heavy (non-hydrogen) atoms. The second kappa shape index (κ2) is 9.83. The second-order valence-electron chi connectivity index (χ2n) is 6.28. The van der Waals surface area contributed by atoms with Crippen LogP contribution in [0.2, 0.25) is 0 Å². The van der Waals surface area contributed by atoms with Gasteiger partial charge in [-0.1, -0.05) is 58.0 Å². The Morgan fingerprint density at radius 1 is 0.964 bits per heavy atom. The third kappa shape index (κ3) is 4.66. The van der Waals surface area contributed by atoms with Crippen LogP contribution in [0.15, 0.2) is 53.5 Å². The molecule has 0 atom stereocenters. The number of benzodiazepines with no additional fused rings is 1. The van der Waals surface area contributed by atoms with Crippen molar-refractivity contribution in [1.29, 1.82) is 0 Å². The summed E-state index contributed by atoms with van der Waals surface area (Å²) in [7, 11) is 1.74. The monoisotopic (exact) mass is 382 g/mol. The molecule has 2 aromatic carbocycles. The van der Waals surface area contributed by atoms with Crippen LogP contribution >= 0.6 is 0 Å². The number of para-hydroxylation sites is 1. The van der Waals surface area contributed by atoms with Gasteiger partial charge in [0, 0.05) is 18.2 Å². The Labute approximate surface area is 167 Å². The SMILES string of the molecule is CC.CC.CN1C(=O)C(C)(C)N=C(c2ccc(C(=O)O)cc2)c2ccccc21. The fraction of sp³-hybridized carbons (Fsp3) is 0.348. The van der Waals surface area contributed by atoms with E-state index in [0.29, 0.717) is 5.71 Å². The van der Waals surface area contributed by atoms with Crippen molar-refractivity contribution in [2.45, 2.75) is 47.1 Å². The van der Waals surface area contributed by atoms with Gasteiger partial charge in [0.25, 0.3) is 5.91 Å². The fourth-order valence-electron chi connectivity index (χ4n) is 2.86.